The van der Waals surface area contributed by atoms with Gasteiger partial charge in [-0.3, -0.25) is 4.79 Å². The minimum atomic E-state index is -0.0330. The molecule has 0 spiro atoms. The fourth-order valence-corrected chi connectivity index (χ4v) is 3.08. The molecule has 2 aromatic rings. The maximum Gasteiger partial charge on any atom is 0.222 e. The van der Waals surface area contributed by atoms with Crippen molar-refractivity contribution in [3.8, 4) is 0 Å². The first-order valence-electron chi connectivity index (χ1n) is 9.03. The maximum atomic E-state index is 11.6. The number of amides is 1. The van der Waals surface area contributed by atoms with Crippen LogP contribution in [0, 0.1) is 0 Å². The fourth-order valence-electron chi connectivity index (χ4n) is 3.08. The van der Waals surface area contributed by atoms with E-state index >= 15 is 0 Å². The molecule has 6 heteroatoms. The van der Waals surface area contributed by atoms with Crippen LogP contribution in [0.4, 0.5) is 0 Å². The molecule has 2 heterocycles. The Labute approximate surface area is 148 Å². The zero-order chi connectivity index (χ0) is 17.5. The molecular formula is C19H25N3O3. The molecule has 1 amide bonds. The molecule has 1 aliphatic rings. The van der Waals surface area contributed by atoms with Gasteiger partial charge in [-0.2, -0.15) is 0 Å². The van der Waals surface area contributed by atoms with Crippen molar-refractivity contribution in [2.45, 2.75) is 51.0 Å². The first-order valence-corrected chi connectivity index (χ1v) is 9.03. The average Bonchev–Trinajstić information content (AvgIpc) is 3.29. The average molecular weight is 343 g/mol. The van der Waals surface area contributed by atoms with Crippen molar-refractivity contribution < 1.29 is 13.9 Å². The largest absolute Gasteiger partial charge is 0.425 e. The summed E-state index contributed by atoms with van der Waals surface area (Å²) in [6.07, 6.45) is 3.60. The Morgan fingerprint density at radius 3 is 2.92 bits per heavy atom. The highest BCUT2D eigenvalue weighted by Gasteiger charge is 2.34. The fraction of sp³-hybridized carbons (Fsp3) is 0.526. The van der Waals surface area contributed by atoms with Crippen LogP contribution in [-0.2, 0) is 16.0 Å². The van der Waals surface area contributed by atoms with Crippen molar-refractivity contribution in [3.63, 3.8) is 0 Å². The van der Waals surface area contributed by atoms with Crippen molar-refractivity contribution in [2.75, 3.05) is 13.2 Å². The highest BCUT2D eigenvalue weighted by atomic mass is 16.5. The van der Waals surface area contributed by atoms with Crippen LogP contribution in [0.1, 0.15) is 62.0 Å². The van der Waals surface area contributed by atoms with Crippen molar-refractivity contribution in [1.29, 1.82) is 0 Å². The van der Waals surface area contributed by atoms with Crippen LogP contribution in [0.5, 0.6) is 0 Å². The van der Waals surface area contributed by atoms with Crippen LogP contribution >= 0.6 is 0 Å². The number of carbonyl (C=O) groups excluding carboxylic acids is 1. The Morgan fingerprint density at radius 2 is 2.12 bits per heavy atom. The lowest BCUT2D eigenvalue weighted by Gasteiger charge is -2.15. The molecule has 0 unspecified atom stereocenters. The molecule has 2 atom stereocenters. The molecule has 1 N–H and O–H groups in total. The highest BCUT2D eigenvalue weighted by Crippen LogP contribution is 2.40. The van der Waals surface area contributed by atoms with Gasteiger partial charge in [0.1, 0.15) is 0 Å². The molecule has 0 saturated carbocycles. The van der Waals surface area contributed by atoms with E-state index in [-0.39, 0.29) is 17.9 Å². The van der Waals surface area contributed by atoms with Gasteiger partial charge in [-0.15, -0.1) is 10.2 Å². The number of aromatic nitrogens is 2. The Hall–Kier alpha value is -2.21. The van der Waals surface area contributed by atoms with Gasteiger partial charge in [-0.05, 0) is 24.8 Å². The van der Waals surface area contributed by atoms with E-state index in [1.165, 1.54) is 0 Å². The zero-order valence-corrected chi connectivity index (χ0v) is 14.6. The number of rotatable bonds is 8. The minimum Gasteiger partial charge on any atom is -0.425 e. The maximum absolute atomic E-state index is 11.6. The summed E-state index contributed by atoms with van der Waals surface area (Å²) in [4.78, 5) is 11.6. The van der Waals surface area contributed by atoms with Gasteiger partial charge in [0.25, 0.3) is 0 Å². The van der Waals surface area contributed by atoms with Crippen LogP contribution in [0.3, 0.4) is 0 Å². The van der Waals surface area contributed by atoms with E-state index in [1.807, 2.05) is 25.1 Å². The van der Waals surface area contributed by atoms with Gasteiger partial charge in [0.05, 0.1) is 12.0 Å². The summed E-state index contributed by atoms with van der Waals surface area (Å²) in [6, 6.07) is 10.1. The molecule has 1 aromatic carbocycles. The molecule has 1 aromatic heterocycles. The summed E-state index contributed by atoms with van der Waals surface area (Å²) in [5, 5.41) is 11.2. The lowest BCUT2D eigenvalue weighted by atomic mass is 9.95. The third kappa shape index (κ3) is 4.66. The lowest BCUT2D eigenvalue weighted by Crippen LogP contribution is -2.23. The van der Waals surface area contributed by atoms with Crippen LogP contribution in [-0.4, -0.2) is 29.3 Å². The zero-order valence-electron chi connectivity index (χ0n) is 14.6. The number of nitrogens with one attached hydrogen (secondary N) is 1. The number of ether oxygens (including phenoxy) is 1. The molecule has 25 heavy (non-hydrogen) atoms. The van der Waals surface area contributed by atoms with Gasteiger partial charge < -0.3 is 14.5 Å². The second-order valence-corrected chi connectivity index (χ2v) is 6.33. The van der Waals surface area contributed by atoms with E-state index < -0.39 is 0 Å². The third-order valence-electron chi connectivity index (χ3n) is 4.39. The van der Waals surface area contributed by atoms with Gasteiger partial charge in [0, 0.05) is 26.0 Å². The first-order chi connectivity index (χ1) is 12.3. The van der Waals surface area contributed by atoms with Crippen LogP contribution in [0.25, 0.3) is 0 Å². The van der Waals surface area contributed by atoms with Crippen LogP contribution in [0.2, 0.25) is 0 Å². The summed E-state index contributed by atoms with van der Waals surface area (Å²) in [7, 11) is 0. The van der Waals surface area contributed by atoms with Gasteiger partial charge >= 0.3 is 0 Å². The predicted molar refractivity (Wildman–Crippen MR) is 93.0 cm³/mol. The summed E-state index contributed by atoms with van der Waals surface area (Å²) >= 11 is 0. The quantitative estimate of drug-likeness (QED) is 0.796. The first kappa shape index (κ1) is 17.6. The molecule has 0 bridgehead atoms. The van der Waals surface area contributed by atoms with Crippen molar-refractivity contribution in [3.05, 3.63) is 47.7 Å². The van der Waals surface area contributed by atoms with E-state index in [4.69, 9.17) is 9.15 Å². The number of hydrogen-bond donors (Lipinski definition) is 1. The van der Waals surface area contributed by atoms with Gasteiger partial charge in [-0.25, -0.2) is 0 Å². The minimum absolute atomic E-state index is 0.0330. The molecule has 1 fully saturated rings. The van der Waals surface area contributed by atoms with Crippen LogP contribution in [0.15, 0.2) is 34.7 Å². The second kappa shape index (κ2) is 8.76. The number of carbonyl (C=O) groups is 1. The van der Waals surface area contributed by atoms with Crippen molar-refractivity contribution in [1.82, 2.24) is 15.5 Å². The Kier molecular flexibility index (Phi) is 6.17. The standard InChI is InChI=1S/C19H25N3O3/c1-2-12-20-16(23)9-6-10-17-21-22-19(25-17)15-11-13-24-18(15)14-7-4-3-5-8-14/h3-5,7-8,15,18H,2,6,9-13H2,1H3,(H,20,23)/t15-,18+/m0/s1. The molecule has 0 aliphatic carbocycles. The van der Waals surface area contributed by atoms with Crippen LogP contribution < -0.4 is 5.32 Å². The monoisotopic (exact) mass is 343 g/mol. The van der Waals surface area contributed by atoms with E-state index in [1.54, 1.807) is 0 Å². The predicted octanol–water partition coefficient (Wildman–Crippen LogP) is 3.16. The third-order valence-corrected chi connectivity index (χ3v) is 4.39. The number of benzene rings is 1. The van der Waals surface area contributed by atoms with E-state index in [0.717, 1.165) is 24.9 Å². The Balaban J connectivity index is 1.55. The smallest absolute Gasteiger partial charge is 0.222 e. The summed E-state index contributed by atoms with van der Waals surface area (Å²) in [5.74, 6) is 1.40. The number of hydrogen-bond acceptors (Lipinski definition) is 5. The molecule has 0 radical (unpaired) electrons. The number of nitrogens with zero attached hydrogens (tertiary/aromatic N) is 2. The SMILES string of the molecule is CCCNC(=O)CCCc1nnc([C@H]2CCO[C@@H]2c2ccccc2)o1. The van der Waals surface area contributed by atoms with Gasteiger partial charge in [0.15, 0.2) is 0 Å². The lowest BCUT2D eigenvalue weighted by molar-refractivity contribution is -0.121. The molecule has 6 nitrogen and oxygen atoms in total. The summed E-state index contributed by atoms with van der Waals surface area (Å²) in [5.41, 5.74) is 1.14. The summed E-state index contributed by atoms with van der Waals surface area (Å²) < 4.78 is 11.7. The Bertz CT molecular complexity index is 672. The van der Waals surface area contributed by atoms with E-state index in [0.29, 0.717) is 37.7 Å². The normalized spacial score (nSPS) is 19.9. The summed E-state index contributed by atoms with van der Waals surface area (Å²) in [6.45, 7) is 3.46. The van der Waals surface area contributed by atoms with Crippen molar-refractivity contribution >= 4 is 5.91 Å². The van der Waals surface area contributed by atoms with E-state index in [9.17, 15) is 4.79 Å². The topological polar surface area (TPSA) is 77.2 Å². The van der Waals surface area contributed by atoms with Gasteiger partial charge in [-0.1, -0.05) is 37.3 Å². The number of aryl methyl sites for hydroxylation is 1. The second-order valence-electron chi connectivity index (χ2n) is 6.33. The Morgan fingerprint density at radius 1 is 1.28 bits per heavy atom. The molecule has 134 valence electrons. The molecule has 1 saturated heterocycles. The van der Waals surface area contributed by atoms with Crippen molar-refractivity contribution in [2.24, 2.45) is 0 Å². The molecule has 3 rings (SSSR count). The molecular weight excluding hydrogens is 318 g/mol. The molecule has 1 aliphatic heterocycles. The van der Waals surface area contributed by atoms with Gasteiger partial charge in [0.2, 0.25) is 17.7 Å². The highest BCUT2D eigenvalue weighted by molar-refractivity contribution is 5.75. The van der Waals surface area contributed by atoms with E-state index in [2.05, 4.69) is 27.6 Å².